The fourth-order valence-electron chi connectivity index (χ4n) is 5.80. The van der Waals surface area contributed by atoms with Gasteiger partial charge in [0.1, 0.15) is 5.75 Å². The predicted molar refractivity (Wildman–Crippen MR) is 155 cm³/mol. The van der Waals surface area contributed by atoms with E-state index < -0.39 is 5.97 Å². The third-order valence-corrected chi connectivity index (χ3v) is 7.73. The molecule has 216 valence electrons. The van der Waals surface area contributed by atoms with Crippen LogP contribution in [0, 0.1) is 0 Å². The number of H-pyrrole nitrogens is 1. The third kappa shape index (κ3) is 7.13. The molecule has 0 saturated carbocycles. The first-order valence-electron chi connectivity index (χ1n) is 14.3. The zero-order valence-corrected chi connectivity index (χ0v) is 23.4. The third-order valence-electron chi connectivity index (χ3n) is 7.73. The Hall–Kier alpha value is -4.18. The van der Waals surface area contributed by atoms with Gasteiger partial charge in [0.25, 0.3) is 17.8 Å². The van der Waals surface area contributed by atoms with E-state index in [0.717, 1.165) is 80.6 Å². The van der Waals surface area contributed by atoms with Crippen LogP contribution in [0.15, 0.2) is 48.7 Å². The van der Waals surface area contributed by atoms with Crippen LogP contribution in [-0.4, -0.2) is 88.0 Å². The summed E-state index contributed by atoms with van der Waals surface area (Å²) in [5, 5.41) is 10.3. The molecule has 3 aromatic rings. The van der Waals surface area contributed by atoms with Crippen LogP contribution < -0.4 is 10.1 Å². The van der Waals surface area contributed by atoms with Gasteiger partial charge < -0.3 is 29.9 Å². The maximum Gasteiger partial charge on any atom is 0.300 e. The van der Waals surface area contributed by atoms with Gasteiger partial charge in [-0.1, -0.05) is 12.1 Å². The van der Waals surface area contributed by atoms with Crippen LogP contribution in [0.3, 0.4) is 0 Å². The number of aliphatic carboxylic acids is 1. The summed E-state index contributed by atoms with van der Waals surface area (Å²) in [5.41, 5.74) is 5.26. The van der Waals surface area contributed by atoms with Crippen molar-refractivity contribution in [2.45, 2.75) is 45.1 Å². The molecule has 3 aliphatic rings. The molecule has 6 rings (SSSR count). The maximum atomic E-state index is 13.0. The number of nitrogens with zero attached hydrogens (tertiary/aromatic N) is 3. The lowest BCUT2D eigenvalue weighted by Gasteiger charge is -2.28. The number of ether oxygens (including phenoxy) is 1. The Morgan fingerprint density at radius 3 is 2.66 bits per heavy atom. The van der Waals surface area contributed by atoms with E-state index in [4.69, 9.17) is 14.6 Å². The molecule has 0 bridgehead atoms. The number of carboxylic acids is 1. The topological polar surface area (TPSA) is 128 Å². The molecule has 5 heterocycles. The van der Waals surface area contributed by atoms with Crippen LogP contribution in [0.5, 0.6) is 5.75 Å². The second-order valence-corrected chi connectivity index (χ2v) is 10.7. The number of hydrogen-bond acceptors (Lipinski definition) is 6. The highest BCUT2D eigenvalue weighted by molar-refractivity contribution is 5.97. The Bertz CT molecular complexity index is 1390. The second-order valence-electron chi connectivity index (χ2n) is 10.7. The van der Waals surface area contributed by atoms with Crippen LogP contribution in [0.25, 0.3) is 22.5 Å². The second kappa shape index (κ2) is 13.0. The molecule has 2 fully saturated rings. The average Bonchev–Trinajstić information content (AvgIpc) is 3.74. The minimum Gasteiger partial charge on any atom is -0.484 e. The number of rotatable bonds is 7. The minimum atomic E-state index is -0.833. The van der Waals surface area contributed by atoms with Gasteiger partial charge in [-0.05, 0) is 69.1 Å². The molecule has 0 spiro atoms. The number of amides is 2. The van der Waals surface area contributed by atoms with Gasteiger partial charge in [0.2, 0.25) is 0 Å². The lowest BCUT2D eigenvalue weighted by Crippen LogP contribution is -2.44. The standard InChI is InChI=1S/C29H33N5O3.C2H4O2/c35-28(34-14-4-6-22(34)18-33-12-1-2-13-33)19-37-23-7-3-5-20(15-23)26-16-21(8-10-30-26)27-17-24-25(32-27)9-11-31-29(24)36;1-2(3)4/h3,5,7-8,10,15-17,22,32H,1-2,4,6,9,11-14,18-19H2,(H,31,36);1H3,(H,3,4)/t22-;/m1./s1. The van der Waals surface area contributed by atoms with Crippen molar-refractivity contribution in [3.8, 4) is 28.3 Å². The molecular weight excluding hydrogens is 522 g/mol. The monoisotopic (exact) mass is 559 g/mol. The molecule has 3 aliphatic heterocycles. The van der Waals surface area contributed by atoms with Gasteiger partial charge in [-0.3, -0.25) is 19.4 Å². The number of pyridine rings is 1. The van der Waals surface area contributed by atoms with E-state index in [9.17, 15) is 9.59 Å². The van der Waals surface area contributed by atoms with Gasteiger partial charge in [0, 0.05) is 67.7 Å². The zero-order valence-electron chi connectivity index (χ0n) is 23.4. The van der Waals surface area contributed by atoms with Crippen molar-refractivity contribution in [1.82, 2.24) is 25.1 Å². The maximum absolute atomic E-state index is 13.0. The van der Waals surface area contributed by atoms with Crippen LogP contribution >= 0.6 is 0 Å². The summed E-state index contributed by atoms with van der Waals surface area (Å²) in [4.78, 5) is 46.6. The molecule has 41 heavy (non-hydrogen) atoms. The largest absolute Gasteiger partial charge is 0.484 e. The SMILES string of the molecule is CC(=O)O.O=C1NCCc2[nH]c(-c3ccnc(-c4cccc(OCC(=O)N5CCC[C@@H]5CN5CCCC5)c4)c3)cc21. The van der Waals surface area contributed by atoms with E-state index in [1.54, 1.807) is 6.20 Å². The summed E-state index contributed by atoms with van der Waals surface area (Å²) < 4.78 is 5.96. The fraction of sp³-hybridized carbons (Fsp3) is 0.419. The van der Waals surface area contributed by atoms with Crippen molar-refractivity contribution in [2.24, 2.45) is 0 Å². The Labute approximate surface area is 239 Å². The molecular formula is C31H37N5O5. The number of benzene rings is 1. The van der Waals surface area contributed by atoms with Crippen LogP contribution in [-0.2, 0) is 16.0 Å². The molecule has 2 saturated heterocycles. The highest BCUT2D eigenvalue weighted by atomic mass is 16.5. The quantitative estimate of drug-likeness (QED) is 0.404. The average molecular weight is 560 g/mol. The van der Waals surface area contributed by atoms with E-state index >= 15 is 0 Å². The number of nitrogens with one attached hydrogen (secondary N) is 2. The normalized spacial score (nSPS) is 18.3. The van der Waals surface area contributed by atoms with Gasteiger partial charge in [-0.25, -0.2) is 0 Å². The summed E-state index contributed by atoms with van der Waals surface area (Å²) in [7, 11) is 0. The van der Waals surface area contributed by atoms with Crippen molar-refractivity contribution in [3.05, 3.63) is 59.9 Å². The Morgan fingerprint density at radius 2 is 1.88 bits per heavy atom. The number of hydrogen-bond donors (Lipinski definition) is 3. The number of fused-ring (bicyclic) bond motifs is 1. The Kier molecular flexibility index (Phi) is 8.98. The number of carbonyl (C=O) groups is 3. The van der Waals surface area contributed by atoms with Crippen molar-refractivity contribution in [1.29, 1.82) is 0 Å². The van der Waals surface area contributed by atoms with Crippen LogP contribution in [0.4, 0.5) is 0 Å². The highest BCUT2D eigenvalue weighted by Gasteiger charge is 2.31. The molecule has 10 nitrogen and oxygen atoms in total. The summed E-state index contributed by atoms with van der Waals surface area (Å²) in [6, 6.07) is 13.9. The molecule has 2 amide bonds. The summed E-state index contributed by atoms with van der Waals surface area (Å²) >= 11 is 0. The van der Waals surface area contributed by atoms with Gasteiger partial charge in [-0.2, -0.15) is 0 Å². The summed E-state index contributed by atoms with van der Waals surface area (Å²) in [5.74, 6) is -0.152. The molecule has 2 aromatic heterocycles. The number of aromatic amines is 1. The number of likely N-dealkylation sites (tertiary alicyclic amines) is 2. The summed E-state index contributed by atoms with van der Waals surface area (Å²) in [6.45, 7) is 5.89. The van der Waals surface area contributed by atoms with Crippen LogP contribution in [0.1, 0.15) is 48.7 Å². The number of aromatic nitrogens is 2. The van der Waals surface area contributed by atoms with Crippen molar-refractivity contribution >= 4 is 17.8 Å². The molecule has 0 aliphatic carbocycles. The van der Waals surface area contributed by atoms with E-state index in [1.807, 2.05) is 47.4 Å². The van der Waals surface area contributed by atoms with E-state index in [1.165, 1.54) is 12.8 Å². The molecule has 3 N–H and O–H groups in total. The molecule has 1 aromatic carbocycles. The number of carbonyl (C=O) groups excluding carboxylic acids is 2. The van der Waals surface area contributed by atoms with Gasteiger partial charge >= 0.3 is 0 Å². The van der Waals surface area contributed by atoms with Crippen LogP contribution in [0.2, 0.25) is 0 Å². The first-order chi connectivity index (χ1) is 19.9. The van der Waals surface area contributed by atoms with Crippen molar-refractivity contribution in [3.63, 3.8) is 0 Å². The molecule has 0 unspecified atom stereocenters. The Morgan fingerprint density at radius 1 is 1.07 bits per heavy atom. The van der Waals surface area contributed by atoms with Crippen molar-refractivity contribution in [2.75, 3.05) is 39.3 Å². The molecule has 10 heteroatoms. The van der Waals surface area contributed by atoms with Crippen molar-refractivity contribution < 1.29 is 24.2 Å². The van der Waals surface area contributed by atoms with E-state index in [2.05, 4.69) is 20.2 Å². The number of carboxylic acid groups (broad SMARTS) is 1. The zero-order chi connectivity index (χ0) is 28.8. The fourth-order valence-corrected chi connectivity index (χ4v) is 5.80. The molecule has 1 atom stereocenters. The molecule has 0 radical (unpaired) electrons. The smallest absolute Gasteiger partial charge is 0.300 e. The van der Waals surface area contributed by atoms with Gasteiger partial charge in [-0.15, -0.1) is 0 Å². The first kappa shape index (κ1) is 28.4. The van der Waals surface area contributed by atoms with E-state index in [0.29, 0.717) is 23.9 Å². The minimum absolute atomic E-state index is 0.0336. The van der Waals surface area contributed by atoms with Gasteiger partial charge in [0.15, 0.2) is 6.61 Å². The highest BCUT2D eigenvalue weighted by Crippen LogP contribution is 2.29. The summed E-state index contributed by atoms with van der Waals surface area (Å²) in [6.07, 6.45) is 7.25. The van der Waals surface area contributed by atoms with E-state index in [-0.39, 0.29) is 18.4 Å². The van der Waals surface area contributed by atoms with Gasteiger partial charge in [0.05, 0.1) is 11.3 Å². The lowest BCUT2D eigenvalue weighted by molar-refractivity contribution is -0.135. The Balaban J connectivity index is 0.000000794. The first-order valence-corrected chi connectivity index (χ1v) is 14.3. The predicted octanol–water partition coefficient (Wildman–Crippen LogP) is 3.59. The lowest BCUT2D eigenvalue weighted by atomic mass is 10.1.